The lowest BCUT2D eigenvalue weighted by atomic mass is 9.95. The predicted octanol–water partition coefficient (Wildman–Crippen LogP) is 9.52. The van der Waals surface area contributed by atoms with Crippen molar-refractivity contribution in [1.29, 1.82) is 0 Å². The number of hydrogen-bond acceptors (Lipinski definition) is 6. The Labute approximate surface area is 251 Å². The molecule has 0 aliphatic carbocycles. The van der Waals surface area contributed by atoms with Crippen molar-refractivity contribution in [1.82, 2.24) is 0 Å². The molecule has 4 nitrogen and oxygen atoms in total. The first-order valence-corrected chi connectivity index (χ1v) is 15.0. The molecule has 0 saturated heterocycles. The van der Waals surface area contributed by atoms with E-state index >= 15 is 0 Å². The average molecular weight is 585 g/mol. The minimum absolute atomic E-state index is 0.335. The highest BCUT2D eigenvalue weighted by Gasteiger charge is 2.21. The quantitative estimate of drug-likeness (QED) is 0.192. The summed E-state index contributed by atoms with van der Waals surface area (Å²) in [4.78, 5) is 29.5. The van der Waals surface area contributed by atoms with E-state index in [1.54, 1.807) is 23.5 Å². The molecule has 0 radical (unpaired) electrons. The summed E-state index contributed by atoms with van der Waals surface area (Å²) in [5.41, 5.74) is 5.50. The number of rotatable bonds is 4. The molecule has 0 saturated carbocycles. The standard InChI is InChI=1S/C36H24O4S2/c1-39-35(37)29-15-13-23(25-7-3-5-9-27(25)29)21-11-17-31-33(19-21)41-32-18-12-22(20-34(32)42-31)24-14-16-30(36(38)40-2)28-10-6-4-8-26(24)28/h3-20H,1-2H3. The zero-order valence-corrected chi connectivity index (χ0v) is 24.5. The minimum atomic E-state index is -0.335. The molecule has 204 valence electrons. The van der Waals surface area contributed by atoms with E-state index in [9.17, 15) is 9.59 Å². The fourth-order valence-corrected chi connectivity index (χ4v) is 7.87. The first-order chi connectivity index (χ1) is 20.6. The second-order valence-electron chi connectivity index (χ2n) is 9.92. The number of carbonyl (C=O) groups is 2. The highest BCUT2D eigenvalue weighted by atomic mass is 32.2. The van der Waals surface area contributed by atoms with Crippen molar-refractivity contribution in [2.24, 2.45) is 0 Å². The van der Waals surface area contributed by atoms with Crippen LogP contribution < -0.4 is 0 Å². The van der Waals surface area contributed by atoms with E-state index in [4.69, 9.17) is 9.47 Å². The monoisotopic (exact) mass is 584 g/mol. The lowest BCUT2D eigenvalue weighted by Crippen LogP contribution is -2.02. The van der Waals surface area contributed by atoms with Crippen LogP contribution in [0.25, 0.3) is 43.8 Å². The zero-order chi connectivity index (χ0) is 28.8. The predicted molar refractivity (Wildman–Crippen MR) is 170 cm³/mol. The van der Waals surface area contributed by atoms with E-state index in [1.165, 1.54) is 33.8 Å². The van der Waals surface area contributed by atoms with Crippen molar-refractivity contribution in [2.75, 3.05) is 14.2 Å². The summed E-state index contributed by atoms with van der Waals surface area (Å²) >= 11 is 3.54. The van der Waals surface area contributed by atoms with E-state index in [0.717, 1.165) is 43.8 Å². The Bertz CT molecular complexity index is 1920. The van der Waals surface area contributed by atoms with Gasteiger partial charge in [0.15, 0.2) is 0 Å². The van der Waals surface area contributed by atoms with Gasteiger partial charge >= 0.3 is 11.9 Å². The van der Waals surface area contributed by atoms with Crippen molar-refractivity contribution < 1.29 is 19.1 Å². The molecule has 0 unspecified atom stereocenters. The largest absolute Gasteiger partial charge is 0.465 e. The molecule has 0 fully saturated rings. The number of esters is 2. The molecule has 0 spiro atoms. The van der Waals surface area contributed by atoms with Crippen LogP contribution in [0.1, 0.15) is 20.7 Å². The molecule has 7 rings (SSSR count). The first kappa shape index (κ1) is 26.4. The van der Waals surface area contributed by atoms with Crippen molar-refractivity contribution >= 4 is 57.0 Å². The fourth-order valence-electron chi connectivity index (χ4n) is 5.59. The van der Waals surface area contributed by atoms with E-state index < -0.39 is 0 Å². The van der Waals surface area contributed by atoms with Crippen molar-refractivity contribution in [2.45, 2.75) is 19.6 Å². The molecule has 1 aliphatic rings. The summed E-state index contributed by atoms with van der Waals surface area (Å²) in [7, 11) is 2.82. The van der Waals surface area contributed by atoms with E-state index in [-0.39, 0.29) is 11.9 Å². The number of ether oxygens (including phenoxy) is 2. The number of benzene rings is 6. The highest BCUT2D eigenvalue weighted by Crippen LogP contribution is 2.51. The topological polar surface area (TPSA) is 52.6 Å². The van der Waals surface area contributed by atoms with Crippen LogP contribution in [-0.4, -0.2) is 26.2 Å². The second kappa shape index (κ2) is 10.7. The Morgan fingerprint density at radius 3 is 1.29 bits per heavy atom. The molecule has 0 atom stereocenters. The van der Waals surface area contributed by atoms with Gasteiger partial charge in [0.05, 0.1) is 25.3 Å². The van der Waals surface area contributed by atoms with Crippen molar-refractivity contribution in [3.05, 3.63) is 120 Å². The molecule has 6 aromatic carbocycles. The second-order valence-corrected chi connectivity index (χ2v) is 12.1. The van der Waals surface area contributed by atoms with Crippen LogP contribution in [0.2, 0.25) is 0 Å². The van der Waals surface area contributed by atoms with Gasteiger partial charge in [-0.25, -0.2) is 9.59 Å². The Balaban J connectivity index is 1.25. The molecule has 0 aromatic heterocycles. The summed E-state index contributed by atoms with van der Waals surface area (Å²) in [5, 5.41) is 3.80. The summed E-state index contributed by atoms with van der Waals surface area (Å²) in [6, 6.07) is 36.8. The Hall–Kier alpha value is -4.52. The summed E-state index contributed by atoms with van der Waals surface area (Å²) in [6.45, 7) is 0. The van der Waals surface area contributed by atoms with Crippen molar-refractivity contribution in [3.63, 3.8) is 0 Å². The van der Waals surface area contributed by atoms with Gasteiger partial charge in [0.25, 0.3) is 0 Å². The highest BCUT2D eigenvalue weighted by molar-refractivity contribution is 8.05. The maximum Gasteiger partial charge on any atom is 0.338 e. The lowest BCUT2D eigenvalue weighted by Gasteiger charge is -2.21. The molecule has 1 aliphatic heterocycles. The molecule has 42 heavy (non-hydrogen) atoms. The van der Waals surface area contributed by atoms with Crippen LogP contribution in [0.4, 0.5) is 0 Å². The molecule has 0 N–H and O–H groups in total. The normalized spacial score (nSPS) is 12.0. The van der Waals surface area contributed by atoms with Gasteiger partial charge in [0.1, 0.15) is 0 Å². The fraction of sp³-hybridized carbons (Fsp3) is 0.0556. The van der Waals surface area contributed by atoms with Gasteiger partial charge in [0, 0.05) is 19.6 Å². The smallest absolute Gasteiger partial charge is 0.338 e. The minimum Gasteiger partial charge on any atom is -0.465 e. The van der Waals surface area contributed by atoms with E-state index in [2.05, 4.69) is 48.5 Å². The summed E-state index contributed by atoms with van der Waals surface area (Å²) in [5.74, 6) is -0.669. The number of carbonyl (C=O) groups excluding carboxylic acids is 2. The van der Waals surface area contributed by atoms with Gasteiger partial charge in [-0.05, 0) is 80.2 Å². The van der Waals surface area contributed by atoms with Crippen LogP contribution in [-0.2, 0) is 9.47 Å². The number of methoxy groups -OCH3 is 2. The van der Waals surface area contributed by atoms with Crippen LogP contribution in [0.15, 0.2) is 129 Å². The lowest BCUT2D eigenvalue weighted by molar-refractivity contribution is 0.0594. The third-order valence-corrected chi connectivity index (χ3v) is 10.1. The maximum atomic E-state index is 12.4. The van der Waals surface area contributed by atoms with Crippen LogP contribution in [0.5, 0.6) is 0 Å². The molecule has 0 amide bonds. The number of hydrogen-bond donors (Lipinski definition) is 0. The Morgan fingerprint density at radius 1 is 0.476 bits per heavy atom. The van der Waals surface area contributed by atoms with Crippen LogP contribution >= 0.6 is 23.5 Å². The molecule has 0 bridgehead atoms. The molecular weight excluding hydrogens is 561 g/mol. The van der Waals surface area contributed by atoms with Gasteiger partial charge < -0.3 is 9.47 Å². The number of fused-ring (bicyclic) bond motifs is 4. The van der Waals surface area contributed by atoms with Crippen LogP contribution in [0, 0.1) is 0 Å². The zero-order valence-electron chi connectivity index (χ0n) is 22.8. The molecular formula is C36H24O4S2. The van der Waals surface area contributed by atoms with E-state index in [0.29, 0.717) is 11.1 Å². The third kappa shape index (κ3) is 4.44. The Morgan fingerprint density at radius 2 is 0.881 bits per heavy atom. The Kier molecular flexibility index (Phi) is 6.73. The summed E-state index contributed by atoms with van der Waals surface area (Å²) in [6.07, 6.45) is 0. The molecule has 1 heterocycles. The molecule has 6 heteroatoms. The van der Waals surface area contributed by atoms with Gasteiger partial charge in [-0.15, -0.1) is 0 Å². The molecule has 6 aromatic rings. The van der Waals surface area contributed by atoms with Gasteiger partial charge in [0.2, 0.25) is 0 Å². The average Bonchev–Trinajstić information content (AvgIpc) is 3.05. The maximum absolute atomic E-state index is 12.4. The summed E-state index contributed by atoms with van der Waals surface area (Å²) < 4.78 is 10.0. The third-order valence-electron chi connectivity index (χ3n) is 7.61. The van der Waals surface area contributed by atoms with Gasteiger partial charge in [-0.3, -0.25) is 0 Å². The first-order valence-electron chi connectivity index (χ1n) is 13.4. The van der Waals surface area contributed by atoms with Gasteiger partial charge in [-0.1, -0.05) is 96.3 Å². The van der Waals surface area contributed by atoms with E-state index in [1.807, 2.05) is 60.7 Å². The van der Waals surface area contributed by atoms with Crippen molar-refractivity contribution in [3.8, 4) is 22.3 Å². The van der Waals surface area contributed by atoms with Crippen LogP contribution in [0.3, 0.4) is 0 Å². The SMILES string of the molecule is COC(=O)c1ccc(-c2ccc3c(c2)Sc2ccc(-c4ccc(C(=O)OC)c5ccccc45)cc2S3)c2ccccc12. The van der Waals surface area contributed by atoms with Gasteiger partial charge in [-0.2, -0.15) is 0 Å².